The second-order valence-electron chi connectivity index (χ2n) is 3.61. The van der Waals surface area contributed by atoms with Crippen molar-refractivity contribution in [2.75, 3.05) is 19.0 Å². The van der Waals surface area contributed by atoms with Gasteiger partial charge in [-0.05, 0) is 23.7 Å². The minimum absolute atomic E-state index is 0.0655. The summed E-state index contributed by atoms with van der Waals surface area (Å²) in [6.07, 6.45) is 0. The molecule has 2 aromatic rings. The molecule has 0 N–H and O–H groups in total. The first-order chi connectivity index (χ1) is 8.56. The molecule has 94 valence electrons. The zero-order chi connectivity index (χ0) is 13.1. The normalized spacial score (nSPS) is 10.2. The van der Waals surface area contributed by atoms with Gasteiger partial charge in [0.25, 0.3) is 0 Å². The van der Waals surface area contributed by atoms with Crippen molar-refractivity contribution in [2.24, 2.45) is 0 Å². The Morgan fingerprint density at radius 1 is 1.06 bits per heavy atom. The number of aromatic nitrogens is 3. The van der Waals surface area contributed by atoms with Gasteiger partial charge in [-0.25, -0.2) is 0 Å². The van der Waals surface area contributed by atoms with Crippen molar-refractivity contribution in [3.63, 3.8) is 0 Å². The van der Waals surface area contributed by atoms with E-state index < -0.39 is 0 Å². The highest BCUT2D eigenvalue weighted by atomic mass is 35.5. The maximum atomic E-state index is 5.98. The van der Waals surface area contributed by atoms with E-state index in [4.69, 9.17) is 27.9 Å². The summed E-state index contributed by atoms with van der Waals surface area (Å²) in [7, 11) is 3.59. The molecule has 0 radical (unpaired) electrons. The lowest BCUT2D eigenvalue weighted by molar-refractivity contribution is 0.440. The molecule has 0 spiro atoms. The van der Waals surface area contributed by atoms with Crippen LogP contribution in [-0.2, 0) is 0 Å². The summed E-state index contributed by atoms with van der Waals surface area (Å²) in [4.78, 5) is 13.7. The van der Waals surface area contributed by atoms with E-state index in [1.807, 2.05) is 0 Å². The van der Waals surface area contributed by atoms with Crippen molar-refractivity contribution in [3.05, 3.63) is 34.6 Å². The molecule has 7 heteroatoms. The van der Waals surface area contributed by atoms with Gasteiger partial charge in [-0.3, -0.25) is 0 Å². The second-order valence-corrected chi connectivity index (χ2v) is 4.36. The molecule has 5 nitrogen and oxygen atoms in total. The molecular weight excluding hydrogens is 275 g/mol. The minimum Gasteiger partial charge on any atom is -0.423 e. The fourth-order valence-corrected chi connectivity index (χ4v) is 1.52. The van der Waals surface area contributed by atoms with Gasteiger partial charge < -0.3 is 9.64 Å². The largest absolute Gasteiger partial charge is 0.423 e. The number of hydrogen-bond donors (Lipinski definition) is 0. The van der Waals surface area contributed by atoms with E-state index in [0.717, 1.165) is 0 Å². The van der Waals surface area contributed by atoms with Crippen LogP contribution in [-0.4, -0.2) is 29.0 Å². The number of hydrogen-bond acceptors (Lipinski definition) is 5. The summed E-state index contributed by atoms with van der Waals surface area (Å²) in [5.74, 6) is 0.878. The summed E-state index contributed by atoms with van der Waals surface area (Å²) < 4.78 is 5.48. The zero-order valence-corrected chi connectivity index (χ0v) is 11.3. The van der Waals surface area contributed by atoms with Crippen LogP contribution in [0.15, 0.2) is 24.3 Å². The fraction of sp³-hybridized carbons (Fsp3) is 0.182. The quantitative estimate of drug-likeness (QED) is 0.867. The molecule has 0 aliphatic carbocycles. The molecule has 1 aromatic heterocycles. The molecule has 0 bridgehead atoms. The van der Waals surface area contributed by atoms with Crippen molar-refractivity contribution in [1.82, 2.24) is 15.0 Å². The second kappa shape index (κ2) is 5.37. The lowest BCUT2D eigenvalue weighted by Crippen LogP contribution is -2.13. The van der Waals surface area contributed by atoms with E-state index in [9.17, 15) is 0 Å². The maximum Gasteiger partial charge on any atom is 0.328 e. The molecule has 18 heavy (non-hydrogen) atoms. The van der Waals surface area contributed by atoms with Gasteiger partial charge in [0.2, 0.25) is 11.2 Å². The lowest BCUT2D eigenvalue weighted by Gasteiger charge is -2.11. The SMILES string of the molecule is CN(C)c1nc(Cl)nc(Oc2ccccc2Cl)n1. The predicted molar refractivity (Wildman–Crippen MR) is 70.7 cm³/mol. The van der Waals surface area contributed by atoms with Crippen LogP contribution in [0.1, 0.15) is 0 Å². The molecule has 0 atom stereocenters. The number of ether oxygens (including phenoxy) is 1. The van der Waals surface area contributed by atoms with Crippen LogP contribution in [0.5, 0.6) is 11.8 Å². The third kappa shape index (κ3) is 3.00. The van der Waals surface area contributed by atoms with Gasteiger partial charge >= 0.3 is 6.01 Å². The van der Waals surface area contributed by atoms with Gasteiger partial charge in [-0.2, -0.15) is 15.0 Å². The molecule has 0 aliphatic rings. The van der Waals surface area contributed by atoms with Crippen molar-refractivity contribution in [2.45, 2.75) is 0 Å². The molecular formula is C11H10Cl2N4O. The highest BCUT2D eigenvalue weighted by molar-refractivity contribution is 6.32. The minimum atomic E-state index is 0.0655. The Morgan fingerprint density at radius 3 is 2.44 bits per heavy atom. The summed E-state index contributed by atoms with van der Waals surface area (Å²) in [6.45, 7) is 0. The average molecular weight is 285 g/mol. The standard InChI is InChI=1S/C11H10Cl2N4O/c1-17(2)10-14-9(13)15-11(16-10)18-8-6-4-3-5-7(8)12/h3-6H,1-2H3. The number of benzene rings is 1. The summed E-state index contributed by atoms with van der Waals surface area (Å²) in [6, 6.07) is 7.14. The van der Waals surface area contributed by atoms with Crippen LogP contribution in [0, 0.1) is 0 Å². The Morgan fingerprint density at radius 2 is 1.78 bits per heavy atom. The maximum absolute atomic E-state index is 5.98. The summed E-state index contributed by atoms with van der Waals surface area (Å²) in [5, 5.41) is 0.538. The van der Waals surface area contributed by atoms with Crippen LogP contribution in [0.3, 0.4) is 0 Å². The number of halogens is 2. The Hall–Kier alpha value is -1.59. The molecule has 0 fully saturated rings. The number of nitrogens with zero attached hydrogens (tertiary/aromatic N) is 4. The molecule has 0 aliphatic heterocycles. The Balaban J connectivity index is 2.32. The Labute approximate surface area is 114 Å². The molecule has 0 unspecified atom stereocenters. The average Bonchev–Trinajstić information content (AvgIpc) is 2.31. The van der Waals surface area contributed by atoms with Crippen LogP contribution in [0.4, 0.5) is 5.95 Å². The first kappa shape index (κ1) is 12.9. The van der Waals surface area contributed by atoms with Gasteiger partial charge in [0.15, 0.2) is 0 Å². The van der Waals surface area contributed by atoms with Crippen LogP contribution in [0.2, 0.25) is 10.3 Å². The molecule has 0 amide bonds. The fourth-order valence-electron chi connectivity index (χ4n) is 1.19. The Kier molecular flexibility index (Phi) is 3.84. The van der Waals surface area contributed by atoms with E-state index in [1.165, 1.54) is 0 Å². The topological polar surface area (TPSA) is 51.1 Å². The van der Waals surface area contributed by atoms with Gasteiger partial charge in [0.05, 0.1) is 5.02 Å². The molecule has 0 saturated carbocycles. The predicted octanol–water partition coefficient (Wildman–Crippen LogP) is 3.04. The van der Waals surface area contributed by atoms with Crippen LogP contribution in [0.25, 0.3) is 0 Å². The van der Waals surface area contributed by atoms with E-state index >= 15 is 0 Å². The third-order valence-corrected chi connectivity index (χ3v) is 2.49. The van der Waals surface area contributed by atoms with Crippen molar-refractivity contribution in [3.8, 4) is 11.8 Å². The lowest BCUT2D eigenvalue weighted by atomic mass is 10.3. The number of anilines is 1. The first-order valence-corrected chi connectivity index (χ1v) is 5.83. The van der Waals surface area contributed by atoms with Gasteiger partial charge in [0, 0.05) is 14.1 Å². The molecule has 0 saturated heterocycles. The monoisotopic (exact) mass is 284 g/mol. The van der Waals surface area contributed by atoms with Gasteiger partial charge in [0.1, 0.15) is 5.75 Å². The summed E-state index contributed by atoms with van der Waals surface area (Å²) in [5.41, 5.74) is 0. The van der Waals surface area contributed by atoms with Gasteiger partial charge in [-0.15, -0.1) is 0 Å². The van der Waals surface area contributed by atoms with E-state index in [2.05, 4.69) is 15.0 Å². The number of para-hydroxylation sites is 1. The summed E-state index contributed by atoms with van der Waals surface area (Å²) >= 11 is 11.8. The molecule has 1 heterocycles. The van der Waals surface area contributed by atoms with Crippen molar-refractivity contribution < 1.29 is 4.74 Å². The number of rotatable bonds is 3. The smallest absolute Gasteiger partial charge is 0.328 e. The van der Waals surface area contributed by atoms with E-state index in [1.54, 1.807) is 43.3 Å². The van der Waals surface area contributed by atoms with Crippen molar-refractivity contribution >= 4 is 29.2 Å². The van der Waals surface area contributed by atoms with Crippen LogP contribution >= 0.6 is 23.2 Å². The Bertz CT molecular complexity index is 562. The van der Waals surface area contributed by atoms with Crippen molar-refractivity contribution in [1.29, 1.82) is 0 Å². The molecule has 2 rings (SSSR count). The van der Waals surface area contributed by atoms with Crippen LogP contribution < -0.4 is 9.64 Å². The third-order valence-electron chi connectivity index (χ3n) is 2.01. The highest BCUT2D eigenvalue weighted by Crippen LogP contribution is 2.27. The van der Waals surface area contributed by atoms with E-state index in [-0.39, 0.29) is 11.3 Å². The zero-order valence-electron chi connectivity index (χ0n) is 9.76. The van der Waals surface area contributed by atoms with Gasteiger partial charge in [-0.1, -0.05) is 23.7 Å². The van der Waals surface area contributed by atoms with E-state index in [0.29, 0.717) is 16.7 Å². The molecule has 1 aromatic carbocycles. The highest BCUT2D eigenvalue weighted by Gasteiger charge is 2.10. The first-order valence-electron chi connectivity index (χ1n) is 5.07.